The second-order valence-electron chi connectivity index (χ2n) is 6.74. The molecule has 0 aliphatic carbocycles. The largest absolute Gasteiger partial charge is 0.355 e. The molecule has 1 saturated heterocycles. The zero-order valence-electron chi connectivity index (χ0n) is 14.9. The fourth-order valence-corrected chi connectivity index (χ4v) is 3.28. The van der Waals surface area contributed by atoms with Gasteiger partial charge in [-0.1, -0.05) is 0 Å². The number of pyridine rings is 1. The number of anilines is 2. The van der Waals surface area contributed by atoms with Gasteiger partial charge in [0.2, 0.25) is 0 Å². The maximum Gasteiger partial charge on any atom is 0.275 e. The van der Waals surface area contributed by atoms with Crippen LogP contribution in [-0.4, -0.2) is 44.9 Å². The molecule has 0 radical (unpaired) electrons. The van der Waals surface area contributed by atoms with Gasteiger partial charge in [0.1, 0.15) is 11.5 Å². The molecule has 4 rings (SSSR count). The van der Waals surface area contributed by atoms with Crippen LogP contribution < -0.4 is 16.0 Å². The lowest BCUT2D eigenvalue weighted by molar-refractivity contribution is 0.102. The van der Waals surface area contributed by atoms with E-state index in [1.807, 2.05) is 0 Å². The molecule has 1 fully saturated rings. The number of carbonyl (C=O) groups excluding carboxylic acids is 1. The number of aryl methyl sites for hydroxylation is 1. The second-order valence-corrected chi connectivity index (χ2v) is 6.74. The molecule has 1 amide bonds. The summed E-state index contributed by atoms with van der Waals surface area (Å²) in [6.07, 6.45) is 7.33. The van der Waals surface area contributed by atoms with Gasteiger partial charge >= 0.3 is 0 Å². The van der Waals surface area contributed by atoms with Crippen molar-refractivity contribution in [2.24, 2.45) is 11.7 Å². The lowest BCUT2D eigenvalue weighted by atomic mass is 10.1. The first-order chi connectivity index (χ1) is 13.0. The summed E-state index contributed by atoms with van der Waals surface area (Å²) in [6.45, 7) is 4.16. The summed E-state index contributed by atoms with van der Waals surface area (Å²) in [7, 11) is 0. The number of nitrogens with one attached hydrogen (secondary N) is 1. The molecule has 4 heterocycles. The van der Waals surface area contributed by atoms with Gasteiger partial charge in [0.05, 0.1) is 23.8 Å². The van der Waals surface area contributed by atoms with Crippen molar-refractivity contribution in [3.8, 4) is 0 Å². The molecule has 1 unspecified atom stereocenters. The summed E-state index contributed by atoms with van der Waals surface area (Å²) in [5.74, 6) is 0.229. The molecule has 140 valence electrons. The third-order valence-corrected chi connectivity index (χ3v) is 4.70. The van der Waals surface area contributed by atoms with Crippen LogP contribution in [-0.2, 0) is 0 Å². The summed E-state index contributed by atoms with van der Waals surface area (Å²) in [6, 6.07) is 1.23. The standard InChI is InChI=1S/C18H20FN7O/c1-11-8-26-10-13(4-14(19)17(26)23-11)24-18(27)15-6-22-16(7-21-15)25-3-2-12(5-20)9-25/h4,6-8,10,12H,2-3,5,9,20H2,1H3,(H,24,27). The normalized spacial score (nSPS) is 16.9. The quantitative estimate of drug-likeness (QED) is 0.724. The third kappa shape index (κ3) is 3.45. The maximum absolute atomic E-state index is 14.1. The summed E-state index contributed by atoms with van der Waals surface area (Å²) < 4.78 is 15.7. The predicted molar refractivity (Wildman–Crippen MR) is 99.2 cm³/mol. The molecular weight excluding hydrogens is 349 g/mol. The minimum atomic E-state index is -0.508. The molecule has 1 aliphatic rings. The van der Waals surface area contributed by atoms with Gasteiger partial charge in [-0.25, -0.2) is 19.3 Å². The number of rotatable bonds is 4. The minimum absolute atomic E-state index is 0.163. The molecule has 0 spiro atoms. The van der Waals surface area contributed by atoms with Crippen molar-refractivity contribution >= 4 is 23.1 Å². The van der Waals surface area contributed by atoms with Crippen molar-refractivity contribution in [2.45, 2.75) is 13.3 Å². The topological polar surface area (TPSA) is 101 Å². The average molecular weight is 369 g/mol. The van der Waals surface area contributed by atoms with E-state index < -0.39 is 11.7 Å². The van der Waals surface area contributed by atoms with E-state index in [1.165, 1.54) is 16.7 Å². The Balaban J connectivity index is 1.48. The molecule has 3 aromatic rings. The first kappa shape index (κ1) is 17.3. The molecule has 27 heavy (non-hydrogen) atoms. The number of fused-ring (bicyclic) bond motifs is 1. The van der Waals surface area contributed by atoms with Crippen LogP contribution in [0.4, 0.5) is 15.9 Å². The number of nitrogens with two attached hydrogens (primary N) is 1. The lowest BCUT2D eigenvalue weighted by Crippen LogP contribution is -2.24. The summed E-state index contributed by atoms with van der Waals surface area (Å²) >= 11 is 0. The van der Waals surface area contributed by atoms with E-state index >= 15 is 0 Å². The molecule has 3 N–H and O–H groups in total. The van der Waals surface area contributed by atoms with Gasteiger partial charge < -0.3 is 20.4 Å². The van der Waals surface area contributed by atoms with Gasteiger partial charge in [0.15, 0.2) is 11.5 Å². The fourth-order valence-electron chi connectivity index (χ4n) is 3.28. The number of hydrogen-bond acceptors (Lipinski definition) is 6. The summed E-state index contributed by atoms with van der Waals surface area (Å²) in [5, 5.41) is 2.65. The highest BCUT2D eigenvalue weighted by molar-refractivity contribution is 6.02. The molecule has 1 aliphatic heterocycles. The molecule has 9 heteroatoms. The van der Waals surface area contributed by atoms with Crippen molar-refractivity contribution in [3.05, 3.63) is 48.1 Å². The van der Waals surface area contributed by atoms with Crippen molar-refractivity contribution in [2.75, 3.05) is 29.9 Å². The number of imidazole rings is 1. The molecule has 3 aromatic heterocycles. The van der Waals surface area contributed by atoms with Gasteiger partial charge in [0.25, 0.3) is 5.91 Å². The van der Waals surface area contributed by atoms with E-state index in [2.05, 4.69) is 25.2 Å². The highest BCUT2D eigenvalue weighted by atomic mass is 19.1. The molecule has 0 aromatic carbocycles. The fraction of sp³-hybridized carbons (Fsp3) is 0.333. The van der Waals surface area contributed by atoms with Crippen molar-refractivity contribution in [1.82, 2.24) is 19.4 Å². The Labute approximate surface area is 155 Å². The van der Waals surface area contributed by atoms with E-state index in [9.17, 15) is 9.18 Å². The number of aromatic nitrogens is 4. The van der Waals surface area contributed by atoms with Crippen LogP contribution in [0, 0.1) is 18.7 Å². The zero-order chi connectivity index (χ0) is 19.0. The number of hydrogen-bond donors (Lipinski definition) is 2. The number of halogens is 1. The van der Waals surface area contributed by atoms with Gasteiger partial charge in [-0.3, -0.25) is 4.79 Å². The predicted octanol–water partition coefficient (Wildman–Crippen LogP) is 1.61. The summed E-state index contributed by atoms with van der Waals surface area (Å²) in [4.78, 5) is 27.1. The van der Waals surface area contributed by atoms with Crippen LogP contribution in [0.25, 0.3) is 5.65 Å². The van der Waals surface area contributed by atoms with Gasteiger partial charge in [0, 0.05) is 31.5 Å². The zero-order valence-corrected chi connectivity index (χ0v) is 14.9. The monoisotopic (exact) mass is 369 g/mol. The minimum Gasteiger partial charge on any atom is -0.355 e. The highest BCUT2D eigenvalue weighted by Crippen LogP contribution is 2.21. The smallest absolute Gasteiger partial charge is 0.275 e. The first-order valence-corrected chi connectivity index (χ1v) is 8.77. The second kappa shape index (κ2) is 6.92. The molecule has 8 nitrogen and oxygen atoms in total. The van der Waals surface area contributed by atoms with Crippen molar-refractivity contribution < 1.29 is 9.18 Å². The molecule has 1 atom stereocenters. The highest BCUT2D eigenvalue weighted by Gasteiger charge is 2.22. The third-order valence-electron chi connectivity index (χ3n) is 4.70. The molecule has 0 saturated carbocycles. The van der Waals surface area contributed by atoms with E-state index in [0.717, 1.165) is 25.3 Å². The van der Waals surface area contributed by atoms with E-state index in [-0.39, 0.29) is 11.3 Å². The summed E-state index contributed by atoms with van der Waals surface area (Å²) in [5.41, 5.74) is 7.10. The SMILES string of the molecule is Cc1cn2cc(NC(=O)c3cnc(N4CCC(CN)C4)cn3)cc(F)c2n1. The van der Waals surface area contributed by atoms with Crippen LogP contribution in [0.3, 0.4) is 0 Å². The Kier molecular flexibility index (Phi) is 4.44. The molecule has 0 bridgehead atoms. The van der Waals surface area contributed by atoms with Crippen LogP contribution in [0.2, 0.25) is 0 Å². The van der Waals surface area contributed by atoms with E-state index in [1.54, 1.807) is 25.5 Å². The Morgan fingerprint density at radius 2 is 2.22 bits per heavy atom. The Bertz CT molecular complexity index is 985. The number of amides is 1. The van der Waals surface area contributed by atoms with Crippen molar-refractivity contribution in [1.29, 1.82) is 0 Å². The Hall–Kier alpha value is -3.07. The van der Waals surface area contributed by atoms with E-state index in [0.29, 0.717) is 23.8 Å². The van der Waals surface area contributed by atoms with E-state index in [4.69, 9.17) is 5.73 Å². The number of nitrogens with zero attached hydrogens (tertiary/aromatic N) is 5. The Morgan fingerprint density at radius 1 is 1.37 bits per heavy atom. The van der Waals surface area contributed by atoms with Crippen LogP contribution in [0.5, 0.6) is 0 Å². The lowest BCUT2D eigenvalue weighted by Gasteiger charge is -2.16. The van der Waals surface area contributed by atoms with Gasteiger partial charge in [-0.05, 0) is 25.8 Å². The Morgan fingerprint density at radius 3 is 2.93 bits per heavy atom. The maximum atomic E-state index is 14.1. The number of carbonyl (C=O) groups is 1. The van der Waals surface area contributed by atoms with Crippen LogP contribution in [0.1, 0.15) is 22.6 Å². The first-order valence-electron chi connectivity index (χ1n) is 8.77. The van der Waals surface area contributed by atoms with Gasteiger partial charge in [-0.15, -0.1) is 0 Å². The average Bonchev–Trinajstić information content (AvgIpc) is 3.28. The van der Waals surface area contributed by atoms with Crippen molar-refractivity contribution in [3.63, 3.8) is 0 Å². The van der Waals surface area contributed by atoms with Crippen LogP contribution in [0.15, 0.2) is 30.9 Å². The van der Waals surface area contributed by atoms with Gasteiger partial charge in [-0.2, -0.15) is 0 Å². The van der Waals surface area contributed by atoms with Crippen LogP contribution >= 0.6 is 0 Å². The molecular formula is C18H20FN7O.